The first-order valence-electron chi connectivity index (χ1n) is 5.57. The number of aliphatic hydroxyl groups excluding tert-OH is 1. The monoisotopic (exact) mass is 229 g/mol. The van der Waals surface area contributed by atoms with Crippen LogP contribution in [0.5, 0.6) is 0 Å². The normalized spacial score (nSPS) is 24.9. The Balaban J connectivity index is 2.24. The number of hydrogen-bond donors (Lipinski definition) is 4. The van der Waals surface area contributed by atoms with E-state index in [4.69, 9.17) is 5.73 Å². The van der Waals surface area contributed by atoms with Gasteiger partial charge in [-0.05, 0) is 12.8 Å². The summed E-state index contributed by atoms with van der Waals surface area (Å²) in [6.07, 6.45) is 3.05. The molecule has 0 radical (unpaired) electrons. The number of hydrogen-bond acceptors (Lipinski definition) is 4. The van der Waals surface area contributed by atoms with Gasteiger partial charge in [0.1, 0.15) is 0 Å². The minimum absolute atomic E-state index is 0.0841. The highest BCUT2D eigenvalue weighted by molar-refractivity contribution is 5.85. The quantitative estimate of drug-likeness (QED) is 0.470. The molecule has 1 fully saturated rings. The van der Waals surface area contributed by atoms with E-state index >= 15 is 0 Å². The molecule has 0 aromatic carbocycles. The molecular weight excluding hydrogens is 210 g/mol. The van der Waals surface area contributed by atoms with Crippen molar-refractivity contribution in [3.05, 3.63) is 0 Å². The Kier molecular flexibility index (Phi) is 5.21. The molecule has 0 aliphatic heterocycles. The summed E-state index contributed by atoms with van der Waals surface area (Å²) in [6.45, 7) is -0.210. The summed E-state index contributed by atoms with van der Waals surface area (Å²) in [4.78, 5) is 22.2. The van der Waals surface area contributed by atoms with Gasteiger partial charge in [-0.1, -0.05) is 12.8 Å². The number of nitrogens with two attached hydrogens (primary N) is 1. The molecule has 6 nitrogen and oxygen atoms in total. The van der Waals surface area contributed by atoms with Gasteiger partial charge >= 0.3 is 0 Å². The maximum absolute atomic E-state index is 11.4. The molecule has 92 valence electrons. The van der Waals surface area contributed by atoms with E-state index in [9.17, 15) is 14.7 Å². The number of aliphatic hydroxyl groups is 1. The van der Waals surface area contributed by atoms with Crippen molar-refractivity contribution in [2.24, 2.45) is 5.73 Å². The maximum Gasteiger partial charge on any atom is 0.239 e. The molecule has 1 saturated carbocycles. The van der Waals surface area contributed by atoms with Gasteiger partial charge < -0.3 is 21.5 Å². The van der Waals surface area contributed by atoms with Gasteiger partial charge in [-0.15, -0.1) is 0 Å². The van der Waals surface area contributed by atoms with Crippen LogP contribution in [-0.2, 0) is 9.59 Å². The smallest absolute Gasteiger partial charge is 0.239 e. The zero-order chi connectivity index (χ0) is 12.0. The lowest BCUT2D eigenvalue weighted by Gasteiger charge is -2.28. The van der Waals surface area contributed by atoms with Crippen LogP contribution in [0.2, 0.25) is 0 Å². The molecule has 16 heavy (non-hydrogen) atoms. The Morgan fingerprint density at radius 2 is 1.94 bits per heavy atom. The van der Waals surface area contributed by atoms with E-state index in [-0.39, 0.29) is 30.9 Å². The fourth-order valence-corrected chi connectivity index (χ4v) is 1.79. The zero-order valence-electron chi connectivity index (χ0n) is 9.24. The largest absolute Gasteiger partial charge is 0.391 e. The summed E-state index contributed by atoms with van der Waals surface area (Å²) in [5.41, 5.74) is 5.08. The van der Waals surface area contributed by atoms with Crippen LogP contribution >= 0.6 is 0 Å². The highest BCUT2D eigenvalue weighted by Gasteiger charge is 2.24. The van der Waals surface area contributed by atoms with E-state index < -0.39 is 6.10 Å². The second-order valence-corrected chi connectivity index (χ2v) is 4.01. The van der Waals surface area contributed by atoms with Gasteiger partial charge in [-0.2, -0.15) is 0 Å². The number of carbonyl (C=O) groups excluding carboxylic acids is 2. The van der Waals surface area contributed by atoms with Gasteiger partial charge in [0, 0.05) is 0 Å². The summed E-state index contributed by atoms with van der Waals surface area (Å²) in [5.74, 6) is -0.646. The average Bonchev–Trinajstić information content (AvgIpc) is 2.29. The molecule has 0 aromatic heterocycles. The standard InChI is InChI=1S/C10H19N3O3/c11-5-9(15)12-6-10(16)13-7-3-1-2-4-8(7)14/h7-8,14H,1-6,11H2,(H,12,15)(H,13,16). The summed E-state index contributed by atoms with van der Waals surface area (Å²) in [6, 6.07) is -0.184. The van der Waals surface area contributed by atoms with E-state index in [0.29, 0.717) is 0 Å². The lowest BCUT2D eigenvalue weighted by molar-refractivity contribution is -0.126. The molecular formula is C10H19N3O3. The second-order valence-electron chi connectivity index (χ2n) is 4.01. The Morgan fingerprint density at radius 3 is 2.56 bits per heavy atom. The topological polar surface area (TPSA) is 104 Å². The van der Waals surface area contributed by atoms with E-state index in [1.165, 1.54) is 0 Å². The third kappa shape index (κ3) is 4.16. The Bertz CT molecular complexity index is 258. The van der Waals surface area contributed by atoms with Crippen molar-refractivity contribution in [2.75, 3.05) is 13.1 Å². The fourth-order valence-electron chi connectivity index (χ4n) is 1.79. The Labute approximate surface area is 94.6 Å². The van der Waals surface area contributed by atoms with E-state index in [1.54, 1.807) is 0 Å². The van der Waals surface area contributed by atoms with Crippen molar-refractivity contribution in [1.29, 1.82) is 0 Å². The Morgan fingerprint density at radius 1 is 1.25 bits per heavy atom. The minimum atomic E-state index is -0.470. The third-order valence-electron chi connectivity index (χ3n) is 2.71. The van der Waals surface area contributed by atoms with Gasteiger partial charge in [-0.3, -0.25) is 9.59 Å². The fraction of sp³-hybridized carbons (Fsp3) is 0.800. The van der Waals surface area contributed by atoms with Crippen LogP contribution in [-0.4, -0.2) is 42.2 Å². The molecule has 0 spiro atoms. The van der Waals surface area contributed by atoms with Crippen molar-refractivity contribution in [3.63, 3.8) is 0 Å². The molecule has 1 aliphatic carbocycles. The van der Waals surface area contributed by atoms with Gasteiger partial charge in [-0.25, -0.2) is 0 Å². The summed E-state index contributed by atoms with van der Waals surface area (Å²) >= 11 is 0. The van der Waals surface area contributed by atoms with E-state index in [2.05, 4.69) is 10.6 Å². The predicted molar refractivity (Wildman–Crippen MR) is 58.5 cm³/mol. The molecule has 0 bridgehead atoms. The lowest BCUT2D eigenvalue weighted by Crippen LogP contribution is -2.48. The Hall–Kier alpha value is -1.14. The number of carbonyl (C=O) groups is 2. The molecule has 0 heterocycles. The van der Waals surface area contributed by atoms with E-state index in [1.807, 2.05) is 0 Å². The van der Waals surface area contributed by atoms with Crippen molar-refractivity contribution in [3.8, 4) is 0 Å². The summed E-state index contributed by atoms with van der Waals surface area (Å²) < 4.78 is 0. The molecule has 1 rings (SSSR count). The van der Waals surface area contributed by atoms with Crippen LogP contribution in [0.25, 0.3) is 0 Å². The minimum Gasteiger partial charge on any atom is -0.391 e. The molecule has 2 atom stereocenters. The molecule has 1 aliphatic rings. The summed E-state index contributed by atoms with van der Waals surface area (Å²) in [7, 11) is 0. The highest BCUT2D eigenvalue weighted by Crippen LogP contribution is 2.17. The van der Waals surface area contributed by atoms with Crippen LogP contribution in [0.3, 0.4) is 0 Å². The first kappa shape index (κ1) is 12.9. The molecule has 2 amide bonds. The predicted octanol–water partition coefficient (Wildman–Crippen LogP) is -1.52. The highest BCUT2D eigenvalue weighted by atomic mass is 16.3. The number of nitrogens with one attached hydrogen (secondary N) is 2. The van der Waals surface area contributed by atoms with Crippen LogP contribution in [0.4, 0.5) is 0 Å². The van der Waals surface area contributed by atoms with E-state index in [0.717, 1.165) is 25.7 Å². The van der Waals surface area contributed by atoms with Crippen LogP contribution < -0.4 is 16.4 Å². The molecule has 2 unspecified atom stereocenters. The molecule has 0 aromatic rings. The molecule has 6 heteroatoms. The van der Waals surface area contributed by atoms with Crippen molar-refractivity contribution >= 4 is 11.8 Å². The van der Waals surface area contributed by atoms with Crippen LogP contribution in [0, 0.1) is 0 Å². The second kappa shape index (κ2) is 6.44. The first-order valence-corrected chi connectivity index (χ1v) is 5.57. The summed E-state index contributed by atoms with van der Waals surface area (Å²) in [5, 5.41) is 14.7. The zero-order valence-corrected chi connectivity index (χ0v) is 9.24. The molecule has 0 saturated heterocycles. The van der Waals surface area contributed by atoms with Gasteiger partial charge in [0.15, 0.2) is 0 Å². The van der Waals surface area contributed by atoms with Crippen molar-refractivity contribution in [2.45, 2.75) is 37.8 Å². The number of amides is 2. The van der Waals surface area contributed by atoms with Gasteiger partial charge in [0.05, 0.1) is 25.2 Å². The maximum atomic E-state index is 11.4. The van der Waals surface area contributed by atoms with Gasteiger partial charge in [0.25, 0.3) is 0 Å². The number of rotatable bonds is 4. The van der Waals surface area contributed by atoms with Gasteiger partial charge in [0.2, 0.25) is 11.8 Å². The molecule has 5 N–H and O–H groups in total. The van der Waals surface area contributed by atoms with Crippen molar-refractivity contribution in [1.82, 2.24) is 10.6 Å². The SMILES string of the molecule is NCC(=O)NCC(=O)NC1CCCCC1O. The van der Waals surface area contributed by atoms with Crippen LogP contribution in [0.15, 0.2) is 0 Å². The first-order chi connectivity index (χ1) is 7.63. The third-order valence-corrected chi connectivity index (χ3v) is 2.71. The lowest BCUT2D eigenvalue weighted by atomic mass is 9.92. The van der Waals surface area contributed by atoms with Crippen LogP contribution in [0.1, 0.15) is 25.7 Å². The average molecular weight is 229 g/mol. The van der Waals surface area contributed by atoms with Crippen molar-refractivity contribution < 1.29 is 14.7 Å².